The first-order chi connectivity index (χ1) is 17.0. The van der Waals surface area contributed by atoms with Crippen molar-refractivity contribution in [3.8, 4) is 0 Å². The Labute approximate surface area is 216 Å². The van der Waals surface area contributed by atoms with Gasteiger partial charge in [-0.3, -0.25) is 9.59 Å². The number of hydrogen-bond acceptors (Lipinski definition) is 2. The second kappa shape index (κ2) is 8.61. The van der Waals surface area contributed by atoms with E-state index in [9.17, 15) is 9.59 Å². The third kappa shape index (κ3) is 3.44. The van der Waals surface area contributed by atoms with Gasteiger partial charge in [0.05, 0.1) is 0 Å². The van der Waals surface area contributed by atoms with E-state index in [1.165, 1.54) is 27.8 Å². The predicted octanol–water partition coefficient (Wildman–Crippen LogP) is 7.60. The summed E-state index contributed by atoms with van der Waals surface area (Å²) in [5.74, 6) is 0.659. The minimum absolute atomic E-state index is 0.139. The lowest BCUT2D eigenvalue weighted by Gasteiger charge is -2.47. The molecule has 0 aromatic heterocycles. The van der Waals surface area contributed by atoms with Gasteiger partial charge in [0.2, 0.25) is 10.5 Å². The Balaban J connectivity index is 1.60. The molecule has 0 aliphatic heterocycles. The maximum absolute atomic E-state index is 12.7. The fourth-order valence-electron chi connectivity index (χ4n) is 8.07. The Bertz CT molecular complexity index is 1300. The van der Waals surface area contributed by atoms with Gasteiger partial charge in [0.25, 0.3) is 0 Å². The van der Waals surface area contributed by atoms with Crippen LogP contribution in [0.4, 0.5) is 0 Å². The van der Waals surface area contributed by atoms with Crippen molar-refractivity contribution in [3.05, 3.63) is 101 Å². The highest BCUT2D eigenvalue weighted by atomic mass is 35.5. The number of allylic oxidation sites excluding steroid dienone is 6. The molecular weight excluding hydrogens is 475 g/mol. The highest BCUT2D eigenvalue weighted by molar-refractivity contribution is 6.64. The molecule has 5 atom stereocenters. The third-order valence-corrected chi connectivity index (χ3v) is 9.39. The lowest BCUT2D eigenvalue weighted by molar-refractivity contribution is -0.114. The second-order valence-corrected chi connectivity index (χ2v) is 11.5. The molecule has 4 aliphatic rings. The summed E-state index contributed by atoms with van der Waals surface area (Å²) < 4.78 is 0. The Morgan fingerprint density at radius 3 is 2.40 bits per heavy atom. The van der Waals surface area contributed by atoms with Crippen molar-refractivity contribution in [2.45, 2.75) is 55.3 Å². The number of benzene rings is 2. The molecule has 4 heteroatoms. The SMILES string of the molecule is O=C(Cl)CC1(CC2(CC(=O)Cl)c3ccccc3C3C=CCCC32)c2ccccc2C2=CC=CCC21. The van der Waals surface area contributed by atoms with E-state index in [0.717, 1.165) is 19.3 Å². The van der Waals surface area contributed by atoms with Crippen LogP contribution >= 0.6 is 23.2 Å². The van der Waals surface area contributed by atoms with Crippen LogP contribution in [0.15, 0.2) is 78.9 Å². The van der Waals surface area contributed by atoms with Crippen molar-refractivity contribution in [1.82, 2.24) is 0 Å². The normalized spacial score (nSPS) is 31.8. The van der Waals surface area contributed by atoms with Crippen LogP contribution in [0.2, 0.25) is 0 Å². The van der Waals surface area contributed by atoms with Crippen LogP contribution in [-0.2, 0) is 20.4 Å². The highest BCUT2D eigenvalue weighted by Crippen LogP contribution is 2.65. The van der Waals surface area contributed by atoms with E-state index in [1.807, 2.05) is 0 Å². The van der Waals surface area contributed by atoms with Crippen molar-refractivity contribution in [2.24, 2.45) is 11.8 Å². The number of halogens is 2. The zero-order valence-electron chi connectivity index (χ0n) is 19.6. The summed E-state index contributed by atoms with van der Waals surface area (Å²) >= 11 is 12.5. The second-order valence-electron chi connectivity index (χ2n) is 10.7. The summed E-state index contributed by atoms with van der Waals surface area (Å²) in [5.41, 5.74) is 5.23. The largest absolute Gasteiger partial charge is 0.281 e. The van der Waals surface area contributed by atoms with Crippen LogP contribution in [0, 0.1) is 11.8 Å². The van der Waals surface area contributed by atoms with Gasteiger partial charge in [0.1, 0.15) is 0 Å². The number of hydrogen-bond donors (Lipinski definition) is 0. The topological polar surface area (TPSA) is 34.1 Å². The molecule has 35 heavy (non-hydrogen) atoms. The van der Waals surface area contributed by atoms with Crippen molar-refractivity contribution < 1.29 is 9.59 Å². The average molecular weight is 503 g/mol. The van der Waals surface area contributed by atoms with Crippen molar-refractivity contribution in [2.75, 3.05) is 0 Å². The van der Waals surface area contributed by atoms with Gasteiger partial charge in [0.15, 0.2) is 0 Å². The van der Waals surface area contributed by atoms with Crippen LogP contribution in [0.3, 0.4) is 0 Å². The predicted molar refractivity (Wildman–Crippen MR) is 142 cm³/mol. The highest BCUT2D eigenvalue weighted by Gasteiger charge is 2.59. The monoisotopic (exact) mass is 502 g/mol. The van der Waals surface area contributed by atoms with E-state index >= 15 is 0 Å². The molecule has 2 aromatic rings. The first-order valence-corrected chi connectivity index (χ1v) is 13.3. The van der Waals surface area contributed by atoms with Crippen molar-refractivity contribution >= 4 is 39.3 Å². The fraction of sp³-hybridized carbons (Fsp3) is 0.355. The van der Waals surface area contributed by atoms with Gasteiger partial charge < -0.3 is 0 Å². The third-order valence-electron chi connectivity index (χ3n) is 9.13. The lowest BCUT2D eigenvalue weighted by Crippen LogP contribution is -2.45. The molecule has 0 bridgehead atoms. The van der Waals surface area contributed by atoms with Gasteiger partial charge in [-0.15, -0.1) is 0 Å². The smallest absolute Gasteiger partial charge is 0.222 e. The molecule has 0 spiro atoms. The van der Waals surface area contributed by atoms with E-state index in [0.29, 0.717) is 6.42 Å². The molecule has 0 amide bonds. The number of rotatable bonds is 6. The molecule has 2 nitrogen and oxygen atoms in total. The van der Waals surface area contributed by atoms with Gasteiger partial charge >= 0.3 is 0 Å². The van der Waals surface area contributed by atoms with Gasteiger partial charge in [0, 0.05) is 29.6 Å². The number of fused-ring (bicyclic) bond motifs is 6. The van der Waals surface area contributed by atoms with Crippen LogP contribution < -0.4 is 0 Å². The average Bonchev–Trinajstić information content (AvgIpc) is 3.27. The van der Waals surface area contributed by atoms with Gasteiger partial charge in [-0.1, -0.05) is 78.9 Å². The minimum atomic E-state index is -0.498. The molecular formula is C31H28Cl2O2. The first-order valence-electron chi connectivity index (χ1n) is 12.6. The molecule has 178 valence electrons. The molecule has 0 heterocycles. The minimum Gasteiger partial charge on any atom is -0.281 e. The molecule has 0 fully saturated rings. The van der Waals surface area contributed by atoms with Gasteiger partial charge in [-0.25, -0.2) is 0 Å². The van der Waals surface area contributed by atoms with Crippen LogP contribution in [0.5, 0.6) is 0 Å². The first kappa shape index (κ1) is 23.0. The van der Waals surface area contributed by atoms with Crippen LogP contribution in [-0.4, -0.2) is 10.5 Å². The molecule has 0 radical (unpaired) electrons. The van der Waals surface area contributed by atoms with Crippen molar-refractivity contribution in [1.29, 1.82) is 0 Å². The van der Waals surface area contributed by atoms with E-state index in [2.05, 4.69) is 78.9 Å². The summed E-state index contributed by atoms with van der Waals surface area (Å²) in [7, 11) is 0. The van der Waals surface area contributed by atoms with E-state index in [4.69, 9.17) is 23.2 Å². The maximum Gasteiger partial charge on any atom is 0.222 e. The molecule has 4 aliphatic carbocycles. The van der Waals surface area contributed by atoms with E-state index < -0.39 is 10.8 Å². The number of carbonyl (C=O) groups excluding carboxylic acids is 2. The zero-order valence-corrected chi connectivity index (χ0v) is 21.1. The van der Waals surface area contributed by atoms with Crippen molar-refractivity contribution in [3.63, 3.8) is 0 Å². The summed E-state index contributed by atoms with van der Waals surface area (Å²) in [5, 5.41) is -0.637. The Morgan fingerprint density at radius 1 is 0.886 bits per heavy atom. The zero-order chi connectivity index (χ0) is 24.2. The Kier molecular flexibility index (Phi) is 5.66. The molecule has 5 unspecified atom stereocenters. The Hall–Kier alpha value is -2.42. The summed E-state index contributed by atoms with van der Waals surface area (Å²) in [6.07, 6.45) is 15.1. The maximum atomic E-state index is 12.7. The lowest BCUT2D eigenvalue weighted by atomic mass is 9.55. The molecule has 0 N–H and O–H groups in total. The summed E-state index contributed by atoms with van der Waals surface area (Å²) in [6, 6.07) is 17.0. The Morgan fingerprint density at radius 2 is 1.60 bits per heavy atom. The molecule has 6 rings (SSSR count). The quantitative estimate of drug-likeness (QED) is 0.301. The summed E-state index contributed by atoms with van der Waals surface area (Å²) in [6.45, 7) is 0. The van der Waals surface area contributed by atoms with E-state index in [1.54, 1.807) is 0 Å². The molecule has 0 saturated heterocycles. The molecule has 0 saturated carbocycles. The van der Waals surface area contributed by atoms with E-state index in [-0.39, 0.29) is 41.1 Å². The summed E-state index contributed by atoms with van der Waals surface area (Å²) in [4.78, 5) is 25.5. The van der Waals surface area contributed by atoms with Gasteiger partial charge in [-0.2, -0.15) is 0 Å². The molecule has 2 aromatic carbocycles. The number of carbonyl (C=O) groups is 2. The fourth-order valence-corrected chi connectivity index (χ4v) is 8.55. The van der Waals surface area contributed by atoms with Crippen LogP contribution in [0.1, 0.15) is 66.7 Å². The van der Waals surface area contributed by atoms with Gasteiger partial charge in [-0.05, 0) is 88.5 Å². The standard InChI is InChI=1S/C31H28Cl2O2/c32-28(34)17-30(24-13-5-1-9-20(24)21-10-2-6-14-25(21)30)19-31(18-29(33)35)26-15-7-3-11-22(26)23-12-4-8-16-27(23)31/h1-7,9-13,15,23,25,27H,8,14,16-19H2. The van der Waals surface area contributed by atoms with Crippen LogP contribution in [0.25, 0.3) is 5.57 Å².